The van der Waals surface area contributed by atoms with Crippen LogP contribution in [0.1, 0.15) is 72.2 Å². The Morgan fingerprint density at radius 3 is 2.34 bits per heavy atom. The molecule has 2 amide bonds. The highest BCUT2D eigenvalue weighted by Gasteiger charge is 2.44. The number of β-lactam (4-membered cyclic amide) rings is 1. The number of likely N-dealkylation sites (tertiary alicyclic amines) is 1. The number of halogens is 1. The van der Waals surface area contributed by atoms with Crippen molar-refractivity contribution in [2.45, 2.75) is 63.1 Å². The van der Waals surface area contributed by atoms with Gasteiger partial charge in [0.2, 0.25) is 11.8 Å². The molecule has 3 unspecified atom stereocenters. The summed E-state index contributed by atoms with van der Waals surface area (Å²) in [6.07, 6.45) is 2.50. The Kier molecular flexibility index (Phi) is 10.7. The van der Waals surface area contributed by atoms with Gasteiger partial charge < -0.3 is 15.0 Å². The van der Waals surface area contributed by atoms with Crippen LogP contribution >= 0.6 is 0 Å². The van der Waals surface area contributed by atoms with E-state index in [0.29, 0.717) is 36.9 Å². The van der Waals surface area contributed by atoms with Crippen molar-refractivity contribution in [3.8, 4) is 0 Å². The molecule has 1 fully saturated rings. The summed E-state index contributed by atoms with van der Waals surface area (Å²) < 4.78 is 30.9. The predicted octanol–water partition coefficient (Wildman–Crippen LogP) is 3.76. The van der Waals surface area contributed by atoms with Crippen LogP contribution < -0.4 is 5.32 Å². The van der Waals surface area contributed by atoms with Gasteiger partial charge in [0.05, 0.1) is 24.3 Å². The lowest BCUT2D eigenvalue weighted by atomic mass is 10.0. The van der Waals surface area contributed by atoms with E-state index in [1.165, 1.54) is 29.2 Å². The second kappa shape index (κ2) is 13.9. The van der Waals surface area contributed by atoms with E-state index in [1.54, 1.807) is 38.1 Å². The third-order valence-electron chi connectivity index (χ3n) is 6.37. The van der Waals surface area contributed by atoms with Crippen LogP contribution in [0.5, 0.6) is 0 Å². The molecular formula is C28H33FN2O6S. The van der Waals surface area contributed by atoms with Crippen molar-refractivity contribution in [3.63, 3.8) is 0 Å². The van der Waals surface area contributed by atoms with Crippen molar-refractivity contribution < 1.29 is 32.5 Å². The van der Waals surface area contributed by atoms with E-state index in [9.17, 15) is 27.8 Å². The second-order valence-corrected chi connectivity index (χ2v) is 10.7. The largest absolute Gasteiger partial charge is 0.462 e. The summed E-state index contributed by atoms with van der Waals surface area (Å²) in [5.74, 6) is -1.19. The van der Waals surface area contributed by atoms with E-state index < -0.39 is 28.2 Å². The Morgan fingerprint density at radius 2 is 1.71 bits per heavy atom. The zero-order valence-corrected chi connectivity index (χ0v) is 22.4. The summed E-state index contributed by atoms with van der Waals surface area (Å²) >= 11 is 0. The van der Waals surface area contributed by atoms with E-state index in [-0.39, 0.29) is 42.2 Å². The highest BCUT2D eigenvalue weighted by molar-refractivity contribution is 7.85. The standard InChI is InChI=1S/C28H33FN2O6S/c1-3-37-28(35)22-10-8-20(9-11-22)18-38(36)26-17-25(33)31(26)19(2)27(34)30-16-6-4-5-7-24(32)21-12-14-23(29)15-13-21/h8-15,19,26H,3-7,16-18H2,1-2H3,(H,30,34). The van der Waals surface area contributed by atoms with E-state index in [4.69, 9.17) is 4.74 Å². The predicted molar refractivity (Wildman–Crippen MR) is 141 cm³/mol. The number of hydrogen-bond acceptors (Lipinski definition) is 6. The van der Waals surface area contributed by atoms with Crippen molar-refractivity contribution in [1.29, 1.82) is 0 Å². The summed E-state index contributed by atoms with van der Waals surface area (Å²) in [5, 5.41) is 2.26. The molecule has 0 aliphatic carbocycles. The van der Waals surface area contributed by atoms with E-state index in [0.717, 1.165) is 12.0 Å². The highest BCUT2D eigenvalue weighted by atomic mass is 32.2. The molecular weight excluding hydrogens is 511 g/mol. The molecule has 0 saturated carbocycles. The SMILES string of the molecule is CCOC(=O)c1ccc(CS(=O)C2CC(=O)N2C(C)C(=O)NCCCCCC(=O)c2ccc(F)cc2)cc1. The Bertz CT molecular complexity index is 1170. The summed E-state index contributed by atoms with van der Waals surface area (Å²) in [4.78, 5) is 50.2. The molecule has 3 atom stereocenters. The van der Waals surface area contributed by atoms with Gasteiger partial charge in [-0.25, -0.2) is 9.18 Å². The molecule has 204 valence electrons. The topological polar surface area (TPSA) is 110 Å². The number of ether oxygens (including phenoxy) is 1. The number of nitrogens with one attached hydrogen (secondary N) is 1. The molecule has 0 aromatic heterocycles. The van der Waals surface area contributed by atoms with Gasteiger partial charge in [-0.2, -0.15) is 0 Å². The van der Waals surface area contributed by atoms with Crippen LogP contribution in [0.4, 0.5) is 4.39 Å². The number of Topliss-reactive ketones (excluding diaryl/α,β-unsaturated/α-hetero) is 1. The van der Waals surface area contributed by atoms with Crippen molar-refractivity contribution in [3.05, 3.63) is 71.0 Å². The van der Waals surface area contributed by atoms with Gasteiger partial charge in [-0.15, -0.1) is 0 Å². The van der Waals surface area contributed by atoms with Gasteiger partial charge in [0, 0.05) is 29.3 Å². The molecule has 0 spiro atoms. The molecule has 0 bridgehead atoms. The van der Waals surface area contributed by atoms with Crippen molar-refractivity contribution in [2.24, 2.45) is 0 Å². The monoisotopic (exact) mass is 544 g/mol. The van der Waals surface area contributed by atoms with Crippen LogP contribution in [0.2, 0.25) is 0 Å². The number of unbranched alkanes of at least 4 members (excludes halogenated alkanes) is 2. The molecule has 38 heavy (non-hydrogen) atoms. The van der Waals surface area contributed by atoms with Crippen LogP contribution in [0, 0.1) is 5.82 Å². The number of rotatable bonds is 14. The maximum atomic E-state index is 13.0. The molecule has 1 N–H and O–H groups in total. The van der Waals surface area contributed by atoms with Gasteiger partial charge in [-0.1, -0.05) is 18.6 Å². The lowest BCUT2D eigenvalue weighted by Gasteiger charge is -2.42. The fourth-order valence-electron chi connectivity index (χ4n) is 4.15. The fourth-order valence-corrected chi connectivity index (χ4v) is 5.75. The van der Waals surface area contributed by atoms with Crippen LogP contribution in [0.15, 0.2) is 48.5 Å². The molecule has 8 nitrogen and oxygen atoms in total. The molecule has 1 saturated heterocycles. The average Bonchev–Trinajstić information content (AvgIpc) is 2.89. The lowest BCUT2D eigenvalue weighted by Crippen LogP contribution is -2.62. The first-order valence-electron chi connectivity index (χ1n) is 12.7. The summed E-state index contributed by atoms with van der Waals surface area (Å²) in [7, 11) is -1.41. The van der Waals surface area contributed by atoms with Gasteiger partial charge in [0.25, 0.3) is 0 Å². The average molecular weight is 545 g/mol. The number of nitrogens with zero attached hydrogens (tertiary/aromatic N) is 1. The fraction of sp³-hybridized carbons (Fsp3) is 0.429. The number of benzene rings is 2. The smallest absolute Gasteiger partial charge is 0.338 e. The number of esters is 1. The van der Waals surface area contributed by atoms with Gasteiger partial charge >= 0.3 is 5.97 Å². The molecule has 1 aliphatic rings. The first kappa shape index (κ1) is 29.2. The quantitative estimate of drug-likeness (QED) is 0.168. The Balaban J connectivity index is 1.39. The molecule has 3 rings (SSSR count). The van der Waals surface area contributed by atoms with E-state index >= 15 is 0 Å². The molecule has 0 radical (unpaired) electrons. The van der Waals surface area contributed by atoms with Crippen LogP contribution in [-0.2, 0) is 30.9 Å². The minimum atomic E-state index is -1.41. The Hall–Kier alpha value is -3.40. The van der Waals surface area contributed by atoms with Gasteiger partial charge in [0.1, 0.15) is 17.2 Å². The van der Waals surface area contributed by atoms with Crippen molar-refractivity contribution in [2.75, 3.05) is 13.2 Å². The Labute approximate surface area is 224 Å². The number of carbonyl (C=O) groups excluding carboxylic acids is 4. The molecule has 1 heterocycles. The Morgan fingerprint density at radius 1 is 1.05 bits per heavy atom. The molecule has 10 heteroatoms. The number of carbonyl (C=O) groups is 4. The van der Waals surface area contributed by atoms with E-state index in [2.05, 4.69) is 5.32 Å². The lowest BCUT2D eigenvalue weighted by molar-refractivity contribution is -0.150. The number of hydrogen-bond donors (Lipinski definition) is 1. The van der Waals surface area contributed by atoms with Crippen LogP contribution in [0.3, 0.4) is 0 Å². The minimum absolute atomic E-state index is 0.0482. The molecule has 1 aliphatic heterocycles. The highest BCUT2D eigenvalue weighted by Crippen LogP contribution is 2.27. The van der Waals surface area contributed by atoms with Crippen LogP contribution in [0.25, 0.3) is 0 Å². The molecule has 2 aromatic carbocycles. The number of amides is 2. The third-order valence-corrected chi connectivity index (χ3v) is 7.99. The zero-order valence-electron chi connectivity index (χ0n) is 21.6. The normalized spacial score (nSPS) is 16.3. The van der Waals surface area contributed by atoms with Gasteiger partial charge in [-0.05, 0) is 68.7 Å². The maximum absolute atomic E-state index is 13.0. The minimum Gasteiger partial charge on any atom is -0.462 e. The third kappa shape index (κ3) is 7.80. The van der Waals surface area contributed by atoms with Gasteiger partial charge in [0.15, 0.2) is 5.78 Å². The zero-order chi connectivity index (χ0) is 27.7. The number of ketones is 1. The first-order chi connectivity index (χ1) is 18.2. The summed E-state index contributed by atoms with van der Waals surface area (Å²) in [5.41, 5.74) is 1.64. The first-order valence-corrected chi connectivity index (χ1v) is 14.1. The van der Waals surface area contributed by atoms with E-state index in [1.807, 2.05) is 0 Å². The van der Waals surface area contributed by atoms with Gasteiger partial charge in [-0.3, -0.25) is 18.6 Å². The maximum Gasteiger partial charge on any atom is 0.338 e. The molecule has 2 aromatic rings. The van der Waals surface area contributed by atoms with Crippen molar-refractivity contribution in [1.82, 2.24) is 10.2 Å². The summed E-state index contributed by atoms with van der Waals surface area (Å²) in [6, 6.07) is 11.4. The van der Waals surface area contributed by atoms with Crippen LogP contribution in [-0.4, -0.2) is 57.2 Å². The summed E-state index contributed by atoms with van der Waals surface area (Å²) in [6.45, 7) is 4.02. The van der Waals surface area contributed by atoms with Crippen molar-refractivity contribution >= 4 is 34.4 Å². The second-order valence-electron chi connectivity index (χ2n) is 9.11.